The molecule has 0 amide bonds. The zero-order valence-electron chi connectivity index (χ0n) is 19.2. The van der Waals surface area contributed by atoms with Gasteiger partial charge in [0.25, 0.3) is 0 Å². The highest BCUT2D eigenvalue weighted by atomic mass is 16.5. The van der Waals surface area contributed by atoms with Crippen LogP contribution in [0.3, 0.4) is 0 Å². The van der Waals surface area contributed by atoms with E-state index in [0.717, 1.165) is 51.0 Å². The van der Waals surface area contributed by atoms with Gasteiger partial charge in [-0.3, -0.25) is 4.79 Å². The molecule has 0 aromatic heterocycles. The van der Waals surface area contributed by atoms with Gasteiger partial charge in [0.15, 0.2) is 0 Å². The molecule has 0 saturated heterocycles. The number of benzene rings is 1. The molecule has 30 heavy (non-hydrogen) atoms. The first-order chi connectivity index (χ1) is 14.7. The molecule has 2 aliphatic rings. The molecule has 2 fully saturated rings. The highest BCUT2D eigenvalue weighted by Gasteiger charge is 2.38. The van der Waals surface area contributed by atoms with Crippen LogP contribution in [0.2, 0.25) is 0 Å². The van der Waals surface area contributed by atoms with Gasteiger partial charge in [0.1, 0.15) is 5.75 Å². The van der Waals surface area contributed by atoms with E-state index in [4.69, 9.17) is 9.47 Å². The van der Waals surface area contributed by atoms with E-state index in [2.05, 4.69) is 26.0 Å². The van der Waals surface area contributed by atoms with Crippen molar-refractivity contribution >= 4 is 5.97 Å². The Morgan fingerprint density at radius 1 is 0.867 bits per heavy atom. The van der Waals surface area contributed by atoms with Crippen molar-refractivity contribution in [1.29, 1.82) is 0 Å². The molecule has 4 unspecified atom stereocenters. The number of carbonyl (C=O) groups is 1. The van der Waals surface area contributed by atoms with Crippen LogP contribution in [0.5, 0.6) is 5.75 Å². The van der Waals surface area contributed by atoms with E-state index in [-0.39, 0.29) is 11.9 Å². The molecular formula is C27H42O3. The monoisotopic (exact) mass is 414 g/mol. The third-order valence-electron chi connectivity index (χ3n) is 7.18. The van der Waals surface area contributed by atoms with Crippen molar-refractivity contribution in [3.8, 4) is 5.75 Å². The van der Waals surface area contributed by atoms with Crippen molar-refractivity contribution in [3.63, 3.8) is 0 Å². The second-order valence-corrected chi connectivity index (χ2v) is 9.57. The van der Waals surface area contributed by atoms with E-state index < -0.39 is 0 Å². The minimum absolute atomic E-state index is 0.0258. The van der Waals surface area contributed by atoms with E-state index in [9.17, 15) is 4.79 Å². The van der Waals surface area contributed by atoms with Crippen LogP contribution in [0.15, 0.2) is 24.3 Å². The first-order valence-corrected chi connectivity index (χ1v) is 12.6. The van der Waals surface area contributed by atoms with E-state index in [1.54, 1.807) is 0 Å². The topological polar surface area (TPSA) is 35.5 Å². The third-order valence-corrected chi connectivity index (χ3v) is 7.18. The second-order valence-electron chi connectivity index (χ2n) is 9.57. The highest BCUT2D eigenvalue weighted by molar-refractivity contribution is 5.75. The Morgan fingerprint density at radius 3 is 2.37 bits per heavy atom. The fourth-order valence-corrected chi connectivity index (χ4v) is 5.38. The smallest absolute Gasteiger partial charge is 0.314 e. The van der Waals surface area contributed by atoms with Gasteiger partial charge in [-0.25, -0.2) is 0 Å². The first-order valence-electron chi connectivity index (χ1n) is 12.6. The largest absolute Gasteiger partial charge is 0.426 e. The van der Waals surface area contributed by atoms with Crippen molar-refractivity contribution in [2.75, 3.05) is 6.61 Å². The van der Waals surface area contributed by atoms with Gasteiger partial charge in [-0.1, -0.05) is 58.1 Å². The summed E-state index contributed by atoms with van der Waals surface area (Å²) < 4.78 is 11.9. The first kappa shape index (κ1) is 23.3. The molecule has 3 rings (SSSR count). The number of ether oxygens (including phenoxy) is 2. The van der Waals surface area contributed by atoms with Gasteiger partial charge >= 0.3 is 5.97 Å². The van der Waals surface area contributed by atoms with E-state index >= 15 is 0 Å². The lowest BCUT2D eigenvalue weighted by Crippen LogP contribution is -2.37. The van der Waals surface area contributed by atoms with Crippen LogP contribution < -0.4 is 4.74 Å². The third kappa shape index (κ3) is 7.11. The van der Waals surface area contributed by atoms with Crippen LogP contribution in [-0.2, 0) is 16.0 Å². The fraction of sp³-hybridized carbons (Fsp3) is 0.741. The summed E-state index contributed by atoms with van der Waals surface area (Å²) in [4.78, 5) is 12.7. The van der Waals surface area contributed by atoms with Crippen LogP contribution in [0.1, 0.15) is 96.5 Å². The molecule has 0 heterocycles. The Hall–Kier alpha value is -1.35. The molecule has 0 bridgehead atoms. The van der Waals surface area contributed by atoms with E-state index in [0.29, 0.717) is 17.8 Å². The Labute approximate surface area is 183 Å². The molecule has 1 aromatic carbocycles. The average Bonchev–Trinajstić information content (AvgIpc) is 2.77. The number of fused-ring (bicyclic) bond motifs is 1. The van der Waals surface area contributed by atoms with Gasteiger partial charge < -0.3 is 9.47 Å². The summed E-state index contributed by atoms with van der Waals surface area (Å²) >= 11 is 0. The van der Waals surface area contributed by atoms with Crippen molar-refractivity contribution in [2.45, 2.75) is 103 Å². The Bertz CT molecular complexity index is 624. The Kier molecular flexibility index (Phi) is 9.71. The number of unbranched alkanes of at least 4 members (excludes halogenated alkanes) is 4. The van der Waals surface area contributed by atoms with Gasteiger partial charge in [-0.15, -0.1) is 0 Å². The molecule has 0 aliphatic heterocycles. The lowest BCUT2D eigenvalue weighted by Gasteiger charge is -2.41. The van der Waals surface area contributed by atoms with Crippen molar-refractivity contribution in [3.05, 3.63) is 29.8 Å². The number of rotatable bonds is 11. The average molecular weight is 415 g/mol. The van der Waals surface area contributed by atoms with E-state index in [1.165, 1.54) is 50.5 Å². The van der Waals surface area contributed by atoms with Gasteiger partial charge in [0.2, 0.25) is 0 Å². The van der Waals surface area contributed by atoms with Crippen LogP contribution in [-0.4, -0.2) is 18.7 Å². The Morgan fingerprint density at radius 2 is 1.60 bits per heavy atom. The summed E-state index contributed by atoms with van der Waals surface area (Å²) in [5.74, 6) is 2.15. The van der Waals surface area contributed by atoms with Gasteiger partial charge in [-0.2, -0.15) is 0 Å². The summed E-state index contributed by atoms with van der Waals surface area (Å²) in [6, 6.07) is 8.04. The molecule has 1 aromatic rings. The molecule has 3 nitrogen and oxygen atoms in total. The summed E-state index contributed by atoms with van der Waals surface area (Å²) in [6.07, 6.45) is 15.8. The predicted octanol–water partition coefficient (Wildman–Crippen LogP) is 7.12. The zero-order chi connectivity index (χ0) is 21.2. The molecule has 3 heteroatoms. The molecule has 2 aliphatic carbocycles. The summed E-state index contributed by atoms with van der Waals surface area (Å²) in [5, 5.41) is 0. The molecular weight excluding hydrogens is 372 g/mol. The van der Waals surface area contributed by atoms with Crippen LogP contribution in [0, 0.1) is 17.8 Å². The van der Waals surface area contributed by atoms with Gasteiger partial charge in [-0.05, 0) is 80.9 Å². The van der Waals surface area contributed by atoms with Gasteiger partial charge in [0.05, 0.1) is 12.0 Å². The number of hydrogen-bond acceptors (Lipinski definition) is 3. The maximum Gasteiger partial charge on any atom is 0.314 e. The zero-order valence-corrected chi connectivity index (χ0v) is 19.2. The summed E-state index contributed by atoms with van der Waals surface area (Å²) in [5.41, 5.74) is 1.30. The second kappa shape index (κ2) is 12.5. The number of aryl methyl sites for hydroxylation is 1. The minimum atomic E-state index is -0.0258. The van der Waals surface area contributed by atoms with Crippen LogP contribution in [0.4, 0.5) is 0 Å². The highest BCUT2D eigenvalue weighted by Crippen LogP contribution is 2.44. The molecule has 168 valence electrons. The predicted molar refractivity (Wildman–Crippen MR) is 123 cm³/mol. The Balaban J connectivity index is 1.37. The molecule has 4 atom stereocenters. The fourth-order valence-electron chi connectivity index (χ4n) is 5.38. The van der Waals surface area contributed by atoms with E-state index in [1.807, 2.05) is 12.1 Å². The summed E-state index contributed by atoms with van der Waals surface area (Å²) in [7, 11) is 0. The molecule has 0 N–H and O–H groups in total. The lowest BCUT2D eigenvalue weighted by atomic mass is 9.67. The van der Waals surface area contributed by atoms with Crippen LogP contribution >= 0.6 is 0 Å². The quantitative estimate of drug-likeness (QED) is 0.220. The lowest BCUT2D eigenvalue weighted by molar-refractivity contribution is -0.141. The van der Waals surface area contributed by atoms with Gasteiger partial charge in [0, 0.05) is 6.61 Å². The standard InChI is InChI=1S/C27H42O3/c1-3-5-6-7-8-18-29-26-17-14-22-19-24(13-12-23(22)20-26)27(28)30-25-15-10-21(9-4-2)11-16-25/h10-11,15-16,22-24,26H,3-9,12-14,17-20H2,1-2H3. The van der Waals surface area contributed by atoms with Crippen molar-refractivity contribution in [1.82, 2.24) is 0 Å². The number of carbonyl (C=O) groups excluding carboxylic acids is 1. The normalized spacial score (nSPS) is 26.2. The maximum absolute atomic E-state index is 12.7. The molecule has 0 radical (unpaired) electrons. The van der Waals surface area contributed by atoms with Crippen LogP contribution in [0.25, 0.3) is 0 Å². The SMILES string of the molecule is CCCCCCCOC1CCC2CC(C(=O)Oc3ccc(CCC)cc3)CCC2C1. The molecule has 2 saturated carbocycles. The van der Waals surface area contributed by atoms with Crippen molar-refractivity contribution in [2.24, 2.45) is 17.8 Å². The minimum Gasteiger partial charge on any atom is -0.426 e. The maximum atomic E-state index is 12.7. The number of esters is 1. The van der Waals surface area contributed by atoms with Crippen molar-refractivity contribution < 1.29 is 14.3 Å². The number of hydrogen-bond donors (Lipinski definition) is 0. The summed E-state index contributed by atoms with van der Waals surface area (Å²) in [6.45, 7) is 5.37. The molecule has 0 spiro atoms.